The molecule has 1 aromatic carbocycles. The Bertz CT molecular complexity index is 525. The summed E-state index contributed by atoms with van der Waals surface area (Å²) in [5.41, 5.74) is 0.862. The first-order valence-electron chi connectivity index (χ1n) is 6.26. The Morgan fingerprint density at radius 1 is 1.32 bits per heavy atom. The summed E-state index contributed by atoms with van der Waals surface area (Å²) < 4.78 is 10.4. The second kappa shape index (κ2) is 4.68. The molecule has 0 amide bonds. The van der Waals surface area contributed by atoms with Crippen LogP contribution >= 0.6 is 0 Å². The zero-order valence-corrected chi connectivity index (χ0v) is 11.6. The second-order valence-electron chi connectivity index (χ2n) is 5.68. The summed E-state index contributed by atoms with van der Waals surface area (Å²) in [6, 6.07) is 5.31. The maximum absolute atomic E-state index is 12.2. The fourth-order valence-corrected chi connectivity index (χ4v) is 2.15. The number of carbonyl (C=O) groups is 2. The van der Waals surface area contributed by atoms with Gasteiger partial charge in [0.1, 0.15) is 17.3 Å². The van der Waals surface area contributed by atoms with Crippen molar-refractivity contribution in [3.63, 3.8) is 0 Å². The van der Waals surface area contributed by atoms with Crippen LogP contribution in [0.2, 0.25) is 0 Å². The molecule has 0 aromatic heterocycles. The molecule has 0 N–H and O–H groups in total. The van der Waals surface area contributed by atoms with Crippen LogP contribution < -0.4 is 4.74 Å². The van der Waals surface area contributed by atoms with Crippen LogP contribution in [0.4, 0.5) is 0 Å². The van der Waals surface area contributed by atoms with Crippen molar-refractivity contribution in [2.24, 2.45) is 5.92 Å². The third-order valence-corrected chi connectivity index (χ3v) is 3.01. The van der Waals surface area contributed by atoms with Crippen molar-refractivity contribution in [2.45, 2.75) is 32.8 Å². The summed E-state index contributed by atoms with van der Waals surface area (Å²) in [4.78, 5) is 24.3. The largest absolute Gasteiger partial charge is 0.497 e. The summed E-state index contributed by atoms with van der Waals surface area (Å²) in [5, 5.41) is 0. The average Bonchev–Trinajstić information content (AvgIpc) is 2.64. The molecule has 0 aliphatic heterocycles. The first-order valence-corrected chi connectivity index (χ1v) is 6.26. The molecule has 0 spiro atoms. The molecule has 19 heavy (non-hydrogen) atoms. The lowest BCUT2D eigenvalue weighted by molar-refractivity contribution is -0.157. The molecule has 1 atom stereocenters. The number of hydrogen-bond donors (Lipinski definition) is 0. The van der Waals surface area contributed by atoms with Gasteiger partial charge in [-0.15, -0.1) is 0 Å². The summed E-state index contributed by atoms with van der Waals surface area (Å²) in [6.45, 7) is 5.38. The van der Waals surface area contributed by atoms with Crippen molar-refractivity contribution in [1.82, 2.24) is 0 Å². The highest BCUT2D eigenvalue weighted by Gasteiger charge is 2.38. The third kappa shape index (κ3) is 2.78. The lowest BCUT2D eigenvalue weighted by atomic mass is 10.1. The number of Topliss-reactive ketones (excluding diaryl/α,β-unsaturated/α-hetero) is 1. The van der Waals surface area contributed by atoms with Crippen LogP contribution in [0, 0.1) is 5.92 Å². The quantitative estimate of drug-likeness (QED) is 0.606. The van der Waals surface area contributed by atoms with Gasteiger partial charge in [0.15, 0.2) is 5.78 Å². The molecule has 0 bridgehead atoms. The first kappa shape index (κ1) is 13.6. The first-order chi connectivity index (χ1) is 8.81. The minimum absolute atomic E-state index is 0.178. The van der Waals surface area contributed by atoms with Crippen molar-refractivity contribution >= 4 is 11.8 Å². The Labute approximate surface area is 112 Å². The average molecular weight is 262 g/mol. The molecule has 0 heterocycles. The minimum atomic E-state index is -0.721. The number of ether oxygens (including phenoxy) is 2. The fourth-order valence-electron chi connectivity index (χ4n) is 2.15. The number of carbonyl (C=O) groups excluding carboxylic acids is 2. The van der Waals surface area contributed by atoms with Gasteiger partial charge in [-0.25, -0.2) is 0 Å². The Morgan fingerprint density at radius 2 is 2.00 bits per heavy atom. The van der Waals surface area contributed by atoms with Crippen molar-refractivity contribution in [2.75, 3.05) is 7.11 Å². The smallest absolute Gasteiger partial charge is 0.317 e. The molecule has 102 valence electrons. The Balaban J connectivity index is 2.21. The summed E-state index contributed by atoms with van der Waals surface area (Å²) in [7, 11) is 1.55. The maximum atomic E-state index is 12.2. The van der Waals surface area contributed by atoms with Gasteiger partial charge in [0.2, 0.25) is 0 Å². The van der Waals surface area contributed by atoms with Gasteiger partial charge in [-0.2, -0.15) is 0 Å². The fraction of sp³-hybridized carbons (Fsp3) is 0.467. The van der Waals surface area contributed by atoms with Crippen LogP contribution in [-0.2, 0) is 16.0 Å². The number of fused-ring (bicyclic) bond motifs is 1. The Kier molecular flexibility index (Phi) is 3.35. The number of rotatable bonds is 2. The molecule has 0 saturated carbocycles. The standard InChI is InChI=1S/C15H18O4/c1-15(2,3)19-14(17)12-7-9-5-6-10(18-4)8-11(9)13(12)16/h5-6,8,12H,7H2,1-4H3. The summed E-state index contributed by atoms with van der Waals surface area (Å²) >= 11 is 0. The van der Waals surface area contributed by atoms with E-state index < -0.39 is 17.5 Å². The number of methoxy groups -OCH3 is 1. The normalized spacial score (nSPS) is 18.1. The van der Waals surface area contributed by atoms with Crippen molar-refractivity contribution in [3.05, 3.63) is 29.3 Å². The number of esters is 1. The van der Waals surface area contributed by atoms with E-state index in [0.717, 1.165) is 5.56 Å². The molecule has 1 aliphatic carbocycles. The number of hydrogen-bond acceptors (Lipinski definition) is 4. The van der Waals surface area contributed by atoms with E-state index in [1.165, 1.54) is 0 Å². The number of benzene rings is 1. The SMILES string of the molecule is COc1ccc2c(c1)C(=O)C(C(=O)OC(C)(C)C)C2. The molecular weight excluding hydrogens is 244 g/mol. The van der Waals surface area contributed by atoms with E-state index in [-0.39, 0.29) is 5.78 Å². The van der Waals surface area contributed by atoms with Crippen LogP contribution in [0.5, 0.6) is 5.75 Å². The highest BCUT2D eigenvalue weighted by atomic mass is 16.6. The zero-order valence-electron chi connectivity index (χ0n) is 11.6. The van der Waals surface area contributed by atoms with Gasteiger partial charge in [-0.3, -0.25) is 9.59 Å². The van der Waals surface area contributed by atoms with Gasteiger partial charge >= 0.3 is 5.97 Å². The van der Waals surface area contributed by atoms with E-state index in [1.807, 2.05) is 6.07 Å². The van der Waals surface area contributed by atoms with Gasteiger partial charge in [0.05, 0.1) is 7.11 Å². The molecule has 1 aromatic rings. The van der Waals surface area contributed by atoms with Gasteiger partial charge in [0.25, 0.3) is 0 Å². The molecule has 4 nitrogen and oxygen atoms in total. The molecular formula is C15H18O4. The summed E-state index contributed by atoms with van der Waals surface area (Å²) in [5.74, 6) is -0.728. The predicted octanol–water partition coefficient (Wildman–Crippen LogP) is 2.39. The van der Waals surface area contributed by atoms with Gasteiger partial charge < -0.3 is 9.47 Å². The van der Waals surface area contributed by atoms with E-state index in [1.54, 1.807) is 40.0 Å². The van der Waals surface area contributed by atoms with Crippen LogP contribution in [0.3, 0.4) is 0 Å². The zero-order chi connectivity index (χ0) is 14.2. The lowest BCUT2D eigenvalue weighted by Crippen LogP contribution is -2.31. The molecule has 2 rings (SSSR count). The molecule has 1 unspecified atom stereocenters. The second-order valence-corrected chi connectivity index (χ2v) is 5.68. The highest BCUT2D eigenvalue weighted by molar-refractivity contribution is 6.12. The molecule has 0 fully saturated rings. The van der Waals surface area contributed by atoms with E-state index in [9.17, 15) is 9.59 Å². The lowest BCUT2D eigenvalue weighted by Gasteiger charge is -2.21. The van der Waals surface area contributed by atoms with E-state index in [0.29, 0.717) is 17.7 Å². The Morgan fingerprint density at radius 3 is 2.58 bits per heavy atom. The van der Waals surface area contributed by atoms with Crippen LogP contribution in [0.1, 0.15) is 36.7 Å². The Hall–Kier alpha value is -1.84. The summed E-state index contributed by atoms with van der Waals surface area (Å²) in [6.07, 6.45) is 0.410. The minimum Gasteiger partial charge on any atom is -0.497 e. The van der Waals surface area contributed by atoms with Crippen LogP contribution in [-0.4, -0.2) is 24.5 Å². The molecule has 1 aliphatic rings. The van der Waals surface area contributed by atoms with E-state index in [2.05, 4.69) is 0 Å². The molecule has 0 radical (unpaired) electrons. The maximum Gasteiger partial charge on any atom is 0.317 e. The van der Waals surface area contributed by atoms with Gasteiger partial charge in [0, 0.05) is 5.56 Å². The van der Waals surface area contributed by atoms with Crippen molar-refractivity contribution < 1.29 is 19.1 Å². The third-order valence-electron chi connectivity index (χ3n) is 3.01. The van der Waals surface area contributed by atoms with Gasteiger partial charge in [-0.05, 0) is 44.9 Å². The van der Waals surface area contributed by atoms with Gasteiger partial charge in [-0.1, -0.05) is 6.07 Å². The molecule has 0 saturated heterocycles. The highest BCUT2D eigenvalue weighted by Crippen LogP contribution is 2.31. The monoisotopic (exact) mass is 262 g/mol. The van der Waals surface area contributed by atoms with Crippen LogP contribution in [0.25, 0.3) is 0 Å². The number of ketones is 1. The van der Waals surface area contributed by atoms with Crippen LogP contribution in [0.15, 0.2) is 18.2 Å². The van der Waals surface area contributed by atoms with E-state index in [4.69, 9.17) is 9.47 Å². The van der Waals surface area contributed by atoms with Crippen molar-refractivity contribution in [3.8, 4) is 5.75 Å². The topological polar surface area (TPSA) is 52.6 Å². The van der Waals surface area contributed by atoms with E-state index >= 15 is 0 Å². The van der Waals surface area contributed by atoms with Crippen molar-refractivity contribution in [1.29, 1.82) is 0 Å². The molecule has 4 heteroatoms. The predicted molar refractivity (Wildman–Crippen MR) is 70.4 cm³/mol.